The molecule has 0 bridgehead atoms. The molecule has 0 aromatic heterocycles. The lowest BCUT2D eigenvalue weighted by atomic mass is 9.99. The van der Waals surface area contributed by atoms with Crippen molar-refractivity contribution in [1.29, 1.82) is 0 Å². The molecular weight excluding hydrogens is 1130 g/mol. The SMILES string of the molecule is CCCCCOc1ccc(-c2ccc(-c3ccc(C(=O)N[C@H]4C[C@@H](O)CNC(=O)[C@@H]5[C@@H](O)[C@@H](C)CN5C(=O)[C@H]([C@@H](C)O)NC(=O)[C@H]([C@H](O)Cc5ccc(OP(=O)(O)OC)cc5)NC(=O)[C@@H]5C[C@@H](O)CN5C(=O)[C@H]([C@@H](C)O)NC4=O)cc3)cc2)cc1. The highest BCUT2D eigenvalue weighted by Gasteiger charge is 2.49. The Kier molecular flexibility index (Phi) is 22.4. The molecule has 0 spiro atoms. The first-order chi connectivity index (χ1) is 40.4. The number of rotatable bonds is 17. The van der Waals surface area contributed by atoms with Crippen LogP contribution >= 0.6 is 7.82 Å². The van der Waals surface area contributed by atoms with E-state index in [0.29, 0.717) is 6.61 Å². The molecule has 0 aliphatic carbocycles. The largest absolute Gasteiger partial charge is 0.527 e. The number of hydrogen-bond donors (Lipinski definition) is 12. The number of aliphatic hydroxyl groups excluding tert-OH is 6. The summed E-state index contributed by atoms with van der Waals surface area (Å²) in [4.78, 5) is 112. The lowest BCUT2D eigenvalue weighted by Crippen LogP contribution is -2.64. The number of carbonyl (C=O) groups excluding carboxylic acids is 7. The van der Waals surface area contributed by atoms with Crippen LogP contribution in [0.1, 0.15) is 75.7 Å². The molecule has 0 radical (unpaired) electrons. The number of unbranched alkanes of at least 4 members (excludes halogenated alkanes) is 2. The highest BCUT2D eigenvalue weighted by molar-refractivity contribution is 7.47. The number of fused-ring (bicyclic) bond motifs is 2. The number of nitrogens with zero attached hydrogens (tertiary/aromatic N) is 2. The summed E-state index contributed by atoms with van der Waals surface area (Å²) in [6, 6.07) is 16.4. The van der Waals surface area contributed by atoms with Crippen molar-refractivity contribution in [3.63, 3.8) is 0 Å². The molecule has 3 aliphatic heterocycles. The molecule has 7 rings (SSSR count). The van der Waals surface area contributed by atoms with Crippen molar-refractivity contribution in [1.82, 2.24) is 36.4 Å². The van der Waals surface area contributed by atoms with E-state index in [1.54, 1.807) is 12.1 Å². The summed E-state index contributed by atoms with van der Waals surface area (Å²) < 4.78 is 27.2. The number of hydrogen-bond acceptors (Lipinski definition) is 17. The fourth-order valence-corrected chi connectivity index (χ4v) is 10.9. The number of nitrogens with one attached hydrogen (secondary N) is 5. The van der Waals surface area contributed by atoms with Crippen LogP contribution in [0.3, 0.4) is 0 Å². The molecule has 460 valence electrons. The van der Waals surface area contributed by atoms with E-state index in [4.69, 9.17) is 9.26 Å². The van der Waals surface area contributed by atoms with E-state index >= 15 is 0 Å². The van der Waals surface area contributed by atoms with Gasteiger partial charge in [-0.1, -0.05) is 87.4 Å². The first kappa shape index (κ1) is 65.2. The van der Waals surface area contributed by atoms with Gasteiger partial charge in [-0.3, -0.25) is 43.0 Å². The summed E-state index contributed by atoms with van der Waals surface area (Å²) in [7, 11) is -3.52. The topological polar surface area (TPSA) is 372 Å². The second kappa shape index (κ2) is 29.2. The van der Waals surface area contributed by atoms with Crippen LogP contribution in [-0.2, 0) is 44.3 Å². The summed E-state index contributed by atoms with van der Waals surface area (Å²) in [5.74, 6) is -7.57. The molecule has 1 unspecified atom stereocenters. The van der Waals surface area contributed by atoms with E-state index < -0.39 is 160 Å². The molecule has 85 heavy (non-hydrogen) atoms. The minimum atomic E-state index is -4.47. The van der Waals surface area contributed by atoms with Crippen molar-refractivity contribution >= 4 is 49.2 Å². The smallest absolute Gasteiger partial charge is 0.494 e. The maximum atomic E-state index is 14.5. The third-order valence-corrected chi connectivity index (χ3v) is 16.1. The molecule has 25 nitrogen and oxygen atoms in total. The highest BCUT2D eigenvalue weighted by atomic mass is 31.2. The first-order valence-corrected chi connectivity index (χ1v) is 29.7. The third kappa shape index (κ3) is 16.8. The van der Waals surface area contributed by atoms with E-state index in [9.17, 15) is 73.7 Å². The Balaban J connectivity index is 1.15. The lowest BCUT2D eigenvalue weighted by molar-refractivity contribution is -0.147. The average Bonchev–Trinajstić information content (AvgIpc) is 4.03. The molecule has 4 aromatic carbocycles. The van der Waals surface area contributed by atoms with Gasteiger partial charge >= 0.3 is 7.82 Å². The zero-order valence-electron chi connectivity index (χ0n) is 47.8. The molecule has 7 amide bonds. The molecular formula is C59H76N7O18P. The van der Waals surface area contributed by atoms with Crippen LogP contribution in [0.25, 0.3) is 22.3 Å². The Morgan fingerprint density at radius 1 is 0.671 bits per heavy atom. The fraction of sp³-hybridized carbons (Fsp3) is 0.475. The van der Waals surface area contributed by atoms with Gasteiger partial charge in [0.15, 0.2) is 0 Å². The van der Waals surface area contributed by atoms with Gasteiger partial charge in [0.1, 0.15) is 47.8 Å². The average molecular weight is 1200 g/mol. The van der Waals surface area contributed by atoms with E-state index in [2.05, 4.69) is 38.0 Å². The third-order valence-electron chi connectivity index (χ3n) is 15.2. The molecule has 3 aliphatic rings. The Morgan fingerprint density at radius 2 is 1.20 bits per heavy atom. The number of phosphoric ester groups is 1. The Hall–Kier alpha value is -7.32. The first-order valence-electron chi connectivity index (χ1n) is 28.2. The zero-order chi connectivity index (χ0) is 61.9. The van der Waals surface area contributed by atoms with Gasteiger partial charge in [0.25, 0.3) is 5.91 Å². The number of aliphatic hydroxyl groups is 6. The molecule has 3 saturated heterocycles. The van der Waals surface area contributed by atoms with E-state index in [1.807, 2.05) is 48.5 Å². The predicted molar refractivity (Wildman–Crippen MR) is 307 cm³/mol. The second-order valence-electron chi connectivity index (χ2n) is 21.8. The van der Waals surface area contributed by atoms with Gasteiger partial charge in [-0.05, 0) is 84.5 Å². The maximum Gasteiger partial charge on any atom is 0.527 e. The number of carbonyl (C=O) groups is 7. The van der Waals surface area contributed by atoms with Gasteiger partial charge in [0.05, 0.1) is 43.2 Å². The van der Waals surface area contributed by atoms with E-state index in [-0.39, 0.29) is 23.4 Å². The minimum Gasteiger partial charge on any atom is -0.494 e. The van der Waals surface area contributed by atoms with Gasteiger partial charge in [-0.2, -0.15) is 0 Å². The Labute approximate surface area is 491 Å². The minimum absolute atomic E-state index is 0.0740. The summed E-state index contributed by atoms with van der Waals surface area (Å²) >= 11 is 0. The molecule has 0 saturated carbocycles. The number of phosphoric acid groups is 1. The molecule has 26 heteroatoms. The van der Waals surface area contributed by atoms with Gasteiger partial charge in [-0.25, -0.2) is 4.57 Å². The van der Waals surface area contributed by atoms with Crippen molar-refractivity contribution < 1.29 is 87.4 Å². The van der Waals surface area contributed by atoms with Crippen LogP contribution in [0.2, 0.25) is 0 Å². The number of β-amino-alcohol motifs (C(OH)–C–C–N with tert-alkyl or cyclic N) is 1. The van der Waals surface area contributed by atoms with Crippen LogP contribution in [0.4, 0.5) is 0 Å². The fourth-order valence-electron chi connectivity index (χ4n) is 10.4. The summed E-state index contributed by atoms with van der Waals surface area (Å²) in [5.41, 5.74) is 3.87. The van der Waals surface area contributed by atoms with Crippen LogP contribution in [0.5, 0.6) is 11.5 Å². The molecule has 12 N–H and O–H groups in total. The summed E-state index contributed by atoms with van der Waals surface area (Å²) in [6.45, 7) is 5.17. The van der Waals surface area contributed by atoms with Crippen molar-refractivity contribution in [2.75, 3.05) is 33.4 Å². The molecule has 14 atom stereocenters. The number of ether oxygens (including phenoxy) is 1. The summed E-state index contributed by atoms with van der Waals surface area (Å²) in [6.07, 6.45) is -8.21. The highest BCUT2D eigenvalue weighted by Crippen LogP contribution is 2.42. The van der Waals surface area contributed by atoms with Gasteiger partial charge < -0.3 is 76.3 Å². The van der Waals surface area contributed by atoms with Crippen LogP contribution < -0.4 is 35.8 Å². The van der Waals surface area contributed by atoms with Crippen LogP contribution in [0.15, 0.2) is 97.1 Å². The summed E-state index contributed by atoms with van der Waals surface area (Å²) in [5, 5.41) is 79.9. The normalized spacial score (nSPS) is 26.4. The van der Waals surface area contributed by atoms with Crippen LogP contribution in [0, 0.1) is 5.92 Å². The van der Waals surface area contributed by atoms with E-state index in [1.165, 1.54) is 43.3 Å². The van der Waals surface area contributed by atoms with Gasteiger partial charge in [0, 0.05) is 57.5 Å². The maximum absolute atomic E-state index is 14.5. The van der Waals surface area contributed by atoms with Gasteiger partial charge in [-0.15, -0.1) is 0 Å². The standard InChI is InChI=1S/C59H76N7O18P/c1-6-7-8-25-83-43-23-19-39(20-24-43)37-13-11-36(12-14-37)38-15-17-40(18-16-38)53(73)61-45-27-41(69)29-60-57(77)51-52(72)32(2)30-66(51)59(79)49(34(4)68)63-56(76)50(47(71)26-35-9-21-44(22-10-35)84-85(80,81)82-5)64-55(75)46-28-42(70)31-65(46)58(78)48(33(3)67)62-54(45)74/h9-24,32-34,41-42,45-52,67-72H,6-8,25-31H2,1-5H3,(H,60,77)(H,61,73)(H,62,74)(H,63,76)(H,64,75)(H,80,81)/t32-,33+,34+,41+,42+,45-,46-,47+,48-,49-,50-,51-,52-/m0/s1. The monoisotopic (exact) mass is 1200 g/mol. The molecule has 3 heterocycles. The van der Waals surface area contributed by atoms with Crippen LogP contribution in [-0.4, -0.2) is 193 Å². The van der Waals surface area contributed by atoms with Crippen molar-refractivity contribution in [3.8, 4) is 33.8 Å². The van der Waals surface area contributed by atoms with Gasteiger partial charge in [0.2, 0.25) is 35.4 Å². The number of amides is 7. The number of benzene rings is 4. The quantitative estimate of drug-likeness (QED) is 0.0511. The lowest BCUT2D eigenvalue weighted by Gasteiger charge is -2.33. The molecule has 4 aromatic rings. The van der Waals surface area contributed by atoms with Crippen molar-refractivity contribution in [2.24, 2.45) is 5.92 Å². The van der Waals surface area contributed by atoms with E-state index in [0.717, 1.165) is 78.0 Å². The second-order valence-corrected chi connectivity index (χ2v) is 23.3. The molecule has 3 fully saturated rings. The predicted octanol–water partition coefficient (Wildman–Crippen LogP) is 0.684. The Morgan fingerprint density at radius 3 is 1.76 bits per heavy atom. The van der Waals surface area contributed by atoms with Crippen molar-refractivity contribution in [2.45, 2.75) is 139 Å². The zero-order valence-corrected chi connectivity index (χ0v) is 48.7. The Bertz CT molecular complexity index is 3030. The van der Waals surface area contributed by atoms with Crippen molar-refractivity contribution in [3.05, 3.63) is 108 Å².